The molecule has 0 saturated heterocycles. The predicted molar refractivity (Wildman–Crippen MR) is 77.5 cm³/mol. The summed E-state index contributed by atoms with van der Waals surface area (Å²) in [6.45, 7) is 1.27. The fraction of sp³-hybridized carbons (Fsp3) is 0.200. The van der Waals surface area contributed by atoms with Gasteiger partial charge in [0.1, 0.15) is 11.5 Å². The Morgan fingerprint density at radius 2 is 1.96 bits per heavy atom. The van der Waals surface area contributed by atoms with Crippen molar-refractivity contribution < 1.29 is 29.2 Å². The van der Waals surface area contributed by atoms with Crippen molar-refractivity contribution in [2.75, 3.05) is 5.32 Å². The maximum atomic E-state index is 12.9. The topological polar surface area (TPSA) is 112 Å². The van der Waals surface area contributed by atoms with Crippen molar-refractivity contribution in [2.24, 2.45) is 0 Å². The molecule has 7 nitrogen and oxygen atoms in total. The molecule has 23 heavy (non-hydrogen) atoms. The van der Waals surface area contributed by atoms with Crippen LogP contribution in [-0.2, 0) is 11.3 Å². The number of ether oxygens (including phenoxy) is 1. The second-order valence-corrected chi connectivity index (χ2v) is 4.84. The molecule has 0 bridgehead atoms. The van der Waals surface area contributed by atoms with Gasteiger partial charge in [0.15, 0.2) is 0 Å². The molecule has 122 valence electrons. The van der Waals surface area contributed by atoms with Crippen LogP contribution >= 0.6 is 0 Å². The molecule has 0 radical (unpaired) electrons. The van der Waals surface area contributed by atoms with E-state index in [1.165, 1.54) is 30.5 Å². The highest BCUT2D eigenvalue weighted by Gasteiger charge is 2.22. The molecule has 0 atom stereocenters. The molecular weight excluding hydrogens is 307 g/mol. The van der Waals surface area contributed by atoms with Crippen molar-refractivity contribution in [3.63, 3.8) is 0 Å². The summed E-state index contributed by atoms with van der Waals surface area (Å²) in [6.07, 6.45) is -1.86. The van der Waals surface area contributed by atoms with Crippen LogP contribution < -0.4 is 5.32 Å². The maximum absolute atomic E-state index is 12.9. The summed E-state index contributed by atoms with van der Waals surface area (Å²) in [5.41, 5.74) is 1.29. The van der Waals surface area contributed by atoms with E-state index in [-0.39, 0.29) is 11.3 Å². The normalized spacial score (nSPS) is 11.3. The molecule has 1 amide bonds. The number of carbonyl (C=O) groups is 1. The van der Waals surface area contributed by atoms with Gasteiger partial charge in [-0.25, -0.2) is 4.39 Å². The zero-order valence-electron chi connectivity index (χ0n) is 12.2. The van der Waals surface area contributed by atoms with Gasteiger partial charge in [0.2, 0.25) is 0 Å². The number of carbonyl (C=O) groups excluding carboxylic acids is 1. The highest BCUT2D eigenvalue weighted by Crippen LogP contribution is 2.15. The van der Waals surface area contributed by atoms with Gasteiger partial charge in [-0.3, -0.25) is 14.5 Å². The monoisotopic (exact) mass is 322 g/mol. The first-order valence-electron chi connectivity index (χ1n) is 6.58. The standard InChI is InChI=1S/C15H15FN2O5/c1-9-6-10(8-23-15(20,21)22)13(17-7-9)14(19)18-12-4-2-11(16)3-5-12/h2-7,20-22H,8H2,1H3,(H,18,19). The molecule has 0 saturated carbocycles. The Morgan fingerprint density at radius 1 is 1.30 bits per heavy atom. The summed E-state index contributed by atoms with van der Waals surface area (Å²) >= 11 is 0. The molecular formula is C15H15FN2O5. The lowest BCUT2D eigenvalue weighted by molar-refractivity contribution is -0.458. The Morgan fingerprint density at radius 3 is 2.57 bits per heavy atom. The number of anilines is 1. The number of hydrogen-bond acceptors (Lipinski definition) is 6. The average molecular weight is 322 g/mol. The first kappa shape index (κ1) is 17.0. The number of aromatic nitrogens is 1. The summed E-state index contributed by atoms with van der Waals surface area (Å²) in [5.74, 6) is -1.02. The number of aryl methyl sites for hydroxylation is 1. The van der Waals surface area contributed by atoms with Crippen LogP contribution in [0.4, 0.5) is 10.1 Å². The lowest BCUT2D eigenvalue weighted by atomic mass is 10.1. The highest BCUT2D eigenvalue weighted by molar-refractivity contribution is 6.03. The number of pyridine rings is 1. The van der Waals surface area contributed by atoms with Crippen molar-refractivity contribution in [3.05, 3.63) is 59.2 Å². The lowest BCUT2D eigenvalue weighted by Crippen LogP contribution is -2.31. The van der Waals surface area contributed by atoms with Crippen molar-refractivity contribution >= 4 is 11.6 Å². The van der Waals surface area contributed by atoms with E-state index in [0.717, 1.165) is 0 Å². The number of nitrogens with zero attached hydrogens (tertiary/aromatic N) is 1. The van der Waals surface area contributed by atoms with E-state index >= 15 is 0 Å². The third kappa shape index (κ3) is 5.08. The second-order valence-electron chi connectivity index (χ2n) is 4.84. The molecule has 1 aromatic heterocycles. The molecule has 0 aliphatic rings. The van der Waals surface area contributed by atoms with Crippen molar-refractivity contribution in [1.29, 1.82) is 0 Å². The van der Waals surface area contributed by atoms with Crippen LogP contribution in [0.3, 0.4) is 0 Å². The smallest absolute Gasteiger partial charge is 0.321 e. The Labute approximate surface area is 131 Å². The van der Waals surface area contributed by atoms with Crippen LogP contribution in [0, 0.1) is 12.7 Å². The minimum Gasteiger partial charge on any atom is -0.321 e. The van der Waals surface area contributed by atoms with Crippen molar-refractivity contribution in [3.8, 4) is 0 Å². The summed E-state index contributed by atoms with van der Waals surface area (Å²) in [7, 11) is 0. The van der Waals surface area contributed by atoms with Gasteiger partial charge in [0.25, 0.3) is 5.91 Å². The maximum Gasteiger partial charge on any atom is 0.405 e. The number of nitrogens with one attached hydrogen (secondary N) is 1. The van der Waals surface area contributed by atoms with E-state index in [9.17, 15) is 9.18 Å². The molecule has 1 aromatic carbocycles. The van der Waals surface area contributed by atoms with Crippen molar-refractivity contribution in [2.45, 2.75) is 19.7 Å². The van der Waals surface area contributed by atoms with Gasteiger partial charge in [-0.05, 0) is 42.8 Å². The van der Waals surface area contributed by atoms with Crippen LogP contribution in [0.5, 0.6) is 0 Å². The molecule has 2 rings (SSSR count). The van der Waals surface area contributed by atoms with Gasteiger partial charge < -0.3 is 20.6 Å². The third-order valence-electron chi connectivity index (χ3n) is 2.84. The fourth-order valence-corrected chi connectivity index (χ4v) is 1.84. The molecule has 8 heteroatoms. The molecule has 0 spiro atoms. The fourth-order valence-electron chi connectivity index (χ4n) is 1.84. The number of amides is 1. The Kier molecular flexibility index (Phi) is 5.02. The van der Waals surface area contributed by atoms with E-state index in [2.05, 4.69) is 15.0 Å². The van der Waals surface area contributed by atoms with E-state index in [1.54, 1.807) is 13.0 Å². The summed E-state index contributed by atoms with van der Waals surface area (Å²) in [6, 6.07) is 6.72. The van der Waals surface area contributed by atoms with Crippen LogP contribution in [0.2, 0.25) is 0 Å². The largest absolute Gasteiger partial charge is 0.405 e. The van der Waals surface area contributed by atoms with Crippen LogP contribution in [0.25, 0.3) is 0 Å². The quantitative estimate of drug-likeness (QED) is 0.608. The number of aliphatic hydroxyl groups is 3. The Hall–Kier alpha value is -2.39. The van der Waals surface area contributed by atoms with Gasteiger partial charge in [0.05, 0.1) is 6.61 Å². The Bertz CT molecular complexity index is 698. The first-order chi connectivity index (χ1) is 10.7. The van der Waals surface area contributed by atoms with Gasteiger partial charge in [0, 0.05) is 17.4 Å². The van der Waals surface area contributed by atoms with Crippen LogP contribution in [0.1, 0.15) is 21.6 Å². The van der Waals surface area contributed by atoms with E-state index < -0.39 is 24.5 Å². The molecule has 0 aliphatic heterocycles. The number of benzene rings is 1. The SMILES string of the molecule is Cc1cnc(C(=O)Nc2ccc(F)cc2)c(COC(O)(O)O)c1. The second kappa shape index (κ2) is 6.80. The minimum atomic E-state index is -3.31. The van der Waals surface area contributed by atoms with Gasteiger partial charge in [-0.15, -0.1) is 0 Å². The molecule has 2 aromatic rings. The summed E-state index contributed by atoms with van der Waals surface area (Å²) in [5, 5.41) is 28.8. The minimum absolute atomic E-state index is 0.0239. The van der Waals surface area contributed by atoms with Crippen LogP contribution in [0.15, 0.2) is 36.5 Å². The van der Waals surface area contributed by atoms with E-state index in [1.807, 2.05) is 0 Å². The third-order valence-corrected chi connectivity index (χ3v) is 2.84. The molecule has 0 unspecified atom stereocenters. The zero-order valence-corrected chi connectivity index (χ0v) is 12.2. The zero-order chi connectivity index (χ0) is 17.0. The number of rotatable bonds is 5. The highest BCUT2D eigenvalue weighted by atomic mass is 19.1. The average Bonchev–Trinajstić information content (AvgIpc) is 2.47. The van der Waals surface area contributed by atoms with E-state index in [0.29, 0.717) is 11.3 Å². The molecule has 1 heterocycles. The predicted octanol–water partition coefficient (Wildman–Crippen LogP) is 0.886. The van der Waals surface area contributed by atoms with E-state index in [4.69, 9.17) is 15.3 Å². The number of halogens is 1. The Balaban J connectivity index is 2.20. The van der Waals surface area contributed by atoms with Crippen molar-refractivity contribution in [1.82, 2.24) is 4.98 Å². The van der Waals surface area contributed by atoms with Crippen LogP contribution in [-0.4, -0.2) is 32.4 Å². The first-order valence-corrected chi connectivity index (χ1v) is 6.58. The van der Waals surface area contributed by atoms with Gasteiger partial charge in [-0.2, -0.15) is 0 Å². The molecule has 0 aliphatic carbocycles. The molecule has 4 N–H and O–H groups in total. The number of hydrogen-bond donors (Lipinski definition) is 4. The summed E-state index contributed by atoms with van der Waals surface area (Å²) < 4.78 is 17.3. The lowest BCUT2D eigenvalue weighted by Gasteiger charge is -2.16. The molecule has 0 fully saturated rings. The summed E-state index contributed by atoms with van der Waals surface area (Å²) in [4.78, 5) is 16.2. The van der Waals surface area contributed by atoms with Gasteiger partial charge in [-0.1, -0.05) is 0 Å². The van der Waals surface area contributed by atoms with Gasteiger partial charge >= 0.3 is 6.16 Å².